The molecule has 1 aromatic rings. The van der Waals surface area contributed by atoms with Crippen molar-refractivity contribution in [1.29, 1.82) is 0 Å². The Hall–Kier alpha value is -2.41. The second kappa shape index (κ2) is 5.07. The number of halogens is 1. The van der Waals surface area contributed by atoms with Gasteiger partial charge in [-0.15, -0.1) is 20.5 Å². The van der Waals surface area contributed by atoms with Crippen LogP contribution in [0, 0.1) is 0 Å². The molecule has 0 unspecified atom stereocenters. The molecule has 0 saturated carbocycles. The molecule has 2 rings (SSSR count). The normalized spacial score (nSPS) is 14.7. The summed E-state index contributed by atoms with van der Waals surface area (Å²) in [6.45, 7) is 1.55. The summed E-state index contributed by atoms with van der Waals surface area (Å²) in [6.07, 6.45) is 0. The van der Waals surface area contributed by atoms with Crippen LogP contribution in [-0.4, -0.2) is 17.0 Å². The fourth-order valence-corrected chi connectivity index (χ4v) is 1.52. The van der Waals surface area contributed by atoms with E-state index in [4.69, 9.17) is 16.7 Å². The van der Waals surface area contributed by atoms with Crippen LogP contribution in [0.25, 0.3) is 0 Å². The number of carbonyl (C=O) groups excluding carboxylic acids is 1. The number of hydrogen-bond donors (Lipinski definition) is 1. The molecule has 1 aliphatic rings. The van der Waals surface area contributed by atoms with Crippen molar-refractivity contribution in [2.75, 3.05) is 0 Å². The number of allylic oxidation sites excluding steroid dienone is 1. The maximum absolute atomic E-state index is 11.3. The highest BCUT2D eigenvalue weighted by Crippen LogP contribution is 2.26. The summed E-state index contributed by atoms with van der Waals surface area (Å²) in [5.74, 6) is -1.77. The Morgan fingerprint density at radius 1 is 1.32 bits per heavy atom. The van der Waals surface area contributed by atoms with Crippen LogP contribution >= 0.6 is 11.6 Å². The van der Waals surface area contributed by atoms with Crippen molar-refractivity contribution >= 4 is 29.2 Å². The second-order valence-electron chi connectivity index (χ2n) is 3.61. The van der Waals surface area contributed by atoms with Crippen molar-refractivity contribution in [2.45, 2.75) is 6.92 Å². The first-order valence-corrected chi connectivity index (χ1v) is 5.48. The Kier molecular flexibility index (Phi) is 3.48. The fraction of sp³-hybridized carbons (Fsp3) is 0.0909. The Morgan fingerprint density at radius 3 is 2.63 bits per heavy atom. The molecule has 1 heterocycles. The third-order valence-corrected chi connectivity index (χ3v) is 2.52. The number of rotatable bonds is 3. The van der Waals surface area contributed by atoms with E-state index in [0.717, 1.165) is 0 Å². The van der Waals surface area contributed by atoms with Gasteiger partial charge in [-0.2, -0.15) is 0 Å². The minimum absolute atomic E-state index is 0.0173. The molecule has 0 aliphatic carbocycles. The molecule has 0 spiro atoms. The molecule has 0 radical (unpaired) electrons. The minimum Gasteiger partial charge on any atom is -0.478 e. The van der Waals surface area contributed by atoms with Crippen LogP contribution in [0.4, 0.5) is 5.69 Å². The molecule has 0 aromatic heterocycles. The first-order valence-electron chi connectivity index (χ1n) is 5.10. The van der Waals surface area contributed by atoms with Crippen molar-refractivity contribution in [3.63, 3.8) is 0 Å². The monoisotopic (exact) mass is 278 g/mol. The van der Waals surface area contributed by atoms with Gasteiger partial charge in [-0.05, 0) is 25.1 Å². The van der Waals surface area contributed by atoms with Gasteiger partial charge >= 0.3 is 11.9 Å². The molecule has 0 atom stereocenters. The van der Waals surface area contributed by atoms with Gasteiger partial charge in [-0.25, -0.2) is 4.79 Å². The van der Waals surface area contributed by atoms with Crippen LogP contribution in [0.3, 0.4) is 0 Å². The molecule has 19 heavy (non-hydrogen) atoms. The summed E-state index contributed by atoms with van der Waals surface area (Å²) in [7, 11) is 0. The molecule has 7 nitrogen and oxygen atoms in total. The zero-order chi connectivity index (χ0) is 14.0. The molecule has 0 saturated heterocycles. The number of amides is 1. The molecule has 96 valence electrons. The highest BCUT2D eigenvalue weighted by atomic mass is 35.5. The number of carboxylic acid groups (broad SMARTS) is 1. The number of aromatic carboxylic acids is 1. The lowest BCUT2D eigenvalue weighted by atomic mass is 10.2. The molecule has 8 heteroatoms. The van der Waals surface area contributed by atoms with Crippen LogP contribution in [0.15, 0.2) is 50.1 Å². The van der Waals surface area contributed by atoms with Gasteiger partial charge in [0.15, 0.2) is 5.70 Å². The predicted molar refractivity (Wildman–Crippen MR) is 65.5 cm³/mol. The van der Waals surface area contributed by atoms with E-state index in [1.165, 1.54) is 18.2 Å². The zero-order valence-corrected chi connectivity index (χ0v) is 10.4. The lowest BCUT2D eigenvalue weighted by Gasteiger charge is -2.00. The van der Waals surface area contributed by atoms with Crippen molar-refractivity contribution in [3.05, 3.63) is 40.2 Å². The highest BCUT2D eigenvalue weighted by molar-refractivity contribution is 6.31. The Labute approximate surface area is 112 Å². The van der Waals surface area contributed by atoms with E-state index in [9.17, 15) is 9.59 Å². The summed E-state index contributed by atoms with van der Waals surface area (Å²) in [4.78, 5) is 22.3. The molecule has 1 aromatic carbocycles. The van der Waals surface area contributed by atoms with Gasteiger partial charge in [0.1, 0.15) is 5.69 Å². The number of hydrogen-bond acceptors (Lipinski definition) is 5. The summed E-state index contributed by atoms with van der Waals surface area (Å²) >= 11 is 5.76. The third-order valence-electron chi connectivity index (χ3n) is 2.28. The number of benzene rings is 1. The summed E-state index contributed by atoms with van der Waals surface area (Å²) in [6, 6.07) is 4.09. The first kappa shape index (κ1) is 13.0. The third kappa shape index (κ3) is 2.71. The van der Waals surface area contributed by atoms with Crippen LogP contribution in [0.1, 0.15) is 17.3 Å². The van der Waals surface area contributed by atoms with E-state index in [0.29, 0.717) is 10.7 Å². The van der Waals surface area contributed by atoms with Gasteiger partial charge in [0.25, 0.3) is 0 Å². The molecule has 1 aliphatic heterocycles. The number of carbonyl (C=O) groups is 2. The maximum atomic E-state index is 11.3. The van der Waals surface area contributed by atoms with Gasteiger partial charge in [0.2, 0.25) is 0 Å². The van der Waals surface area contributed by atoms with Crippen molar-refractivity contribution in [1.82, 2.24) is 0 Å². The van der Waals surface area contributed by atoms with E-state index < -0.39 is 11.9 Å². The van der Waals surface area contributed by atoms with E-state index in [-0.39, 0.29) is 16.9 Å². The maximum Gasteiger partial charge on any atom is 0.337 e. The lowest BCUT2D eigenvalue weighted by molar-refractivity contribution is -0.114. The molecule has 0 bridgehead atoms. The largest absolute Gasteiger partial charge is 0.478 e. The van der Waals surface area contributed by atoms with Crippen molar-refractivity contribution < 1.29 is 14.7 Å². The van der Waals surface area contributed by atoms with Gasteiger partial charge in [0, 0.05) is 5.02 Å². The minimum atomic E-state index is -1.16. The summed E-state index contributed by atoms with van der Waals surface area (Å²) in [5.41, 5.74) is 0.301. The van der Waals surface area contributed by atoms with E-state index in [1.54, 1.807) is 6.92 Å². The summed E-state index contributed by atoms with van der Waals surface area (Å²) < 4.78 is 0. The Balaban J connectivity index is 2.39. The van der Waals surface area contributed by atoms with Gasteiger partial charge in [0.05, 0.1) is 11.3 Å². The number of nitrogens with zero attached hydrogens (tertiary/aromatic N) is 4. The molecular weight excluding hydrogens is 272 g/mol. The van der Waals surface area contributed by atoms with Crippen LogP contribution < -0.4 is 0 Å². The topological polar surface area (TPSA) is 104 Å². The van der Waals surface area contributed by atoms with E-state index >= 15 is 0 Å². The van der Waals surface area contributed by atoms with Gasteiger partial charge in [-0.1, -0.05) is 11.6 Å². The standard InChI is InChI=1S/C11H7ClN4O3/c1-5-9(10(17)16-13-5)15-14-8-4-6(12)2-3-7(8)11(18)19/h2-4H,1H3,(H,18,19). The quantitative estimate of drug-likeness (QED) is 0.857. The molecular formula is C11H7ClN4O3. The van der Waals surface area contributed by atoms with Crippen molar-refractivity contribution in [3.8, 4) is 0 Å². The molecule has 1 N–H and O–H groups in total. The SMILES string of the molecule is CC1=C(N=Nc2cc(Cl)ccc2C(=O)O)C(=O)N=N1. The van der Waals surface area contributed by atoms with E-state index in [2.05, 4.69) is 20.5 Å². The van der Waals surface area contributed by atoms with Crippen LogP contribution in [0.5, 0.6) is 0 Å². The smallest absolute Gasteiger partial charge is 0.337 e. The van der Waals surface area contributed by atoms with E-state index in [1.807, 2.05) is 0 Å². The zero-order valence-electron chi connectivity index (χ0n) is 9.66. The van der Waals surface area contributed by atoms with Gasteiger partial charge < -0.3 is 5.11 Å². The number of carboxylic acids is 1. The predicted octanol–water partition coefficient (Wildman–Crippen LogP) is 3.35. The average Bonchev–Trinajstić information content (AvgIpc) is 2.66. The van der Waals surface area contributed by atoms with Gasteiger partial charge in [-0.3, -0.25) is 4.79 Å². The fourth-order valence-electron chi connectivity index (χ4n) is 1.36. The Morgan fingerprint density at radius 2 is 2.05 bits per heavy atom. The van der Waals surface area contributed by atoms with Crippen LogP contribution in [0.2, 0.25) is 5.02 Å². The average molecular weight is 279 g/mol. The lowest BCUT2D eigenvalue weighted by Crippen LogP contribution is -1.96. The van der Waals surface area contributed by atoms with Crippen LogP contribution in [-0.2, 0) is 4.79 Å². The molecule has 0 fully saturated rings. The second-order valence-corrected chi connectivity index (χ2v) is 4.04. The number of azo groups is 2. The molecule has 1 amide bonds. The Bertz CT molecular complexity index is 664. The van der Waals surface area contributed by atoms with Crippen molar-refractivity contribution in [2.24, 2.45) is 20.5 Å². The summed E-state index contributed by atoms with van der Waals surface area (Å²) in [5, 5.41) is 23.6. The first-order chi connectivity index (χ1) is 8.99. The highest BCUT2D eigenvalue weighted by Gasteiger charge is 2.18.